The number of carbonyl (C=O) groups excluding carboxylic acids is 1. The summed E-state index contributed by atoms with van der Waals surface area (Å²) in [5, 5.41) is 9.86. The van der Waals surface area contributed by atoms with E-state index in [1.54, 1.807) is 4.90 Å². The van der Waals surface area contributed by atoms with E-state index in [4.69, 9.17) is 4.74 Å². The second-order valence-corrected chi connectivity index (χ2v) is 8.94. The molecular formula is C24H36N4O2. The van der Waals surface area contributed by atoms with Crippen molar-refractivity contribution in [3.8, 4) is 11.8 Å². The Morgan fingerprint density at radius 3 is 2.47 bits per heavy atom. The van der Waals surface area contributed by atoms with E-state index < -0.39 is 5.54 Å². The predicted molar refractivity (Wildman–Crippen MR) is 118 cm³/mol. The van der Waals surface area contributed by atoms with Crippen molar-refractivity contribution in [3.63, 3.8) is 0 Å². The molecule has 1 aliphatic heterocycles. The Labute approximate surface area is 181 Å². The zero-order valence-electron chi connectivity index (χ0n) is 18.7. The maximum Gasteiger partial charge on any atom is 0.240 e. The molecule has 0 radical (unpaired) electrons. The molecule has 0 spiro atoms. The number of piperazine rings is 1. The monoisotopic (exact) mass is 412 g/mol. The Hall–Kier alpha value is -2.10. The van der Waals surface area contributed by atoms with Crippen LogP contribution < -0.4 is 4.74 Å². The maximum atomic E-state index is 13.2. The van der Waals surface area contributed by atoms with Gasteiger partial charge in [0.15, 0.2) is 0 Å². The summed E-state index contributed by atoms with van der Waals surface area (Å²) in [6.07, 6.45) is 3.61. The molecule has 1 amide bonds. The van der Waals surface area contributed by atoms with Crippen LogP contribution >= 0.6 is 0 Å². The minimum absolute atomic E-state index is 0.0759. The van der Waals surface area contributed by atoms with E-state index in [-0.39, 0.29) is 11.9 Å². The molecule has 0 N–H and O–H groups in total. The summed E-state index contributed by atoms with van der Waals surface area (Å²) >= 11 is 0. The number of carbonyl (C=O) groups is 1. The predicted octanol–water partition coefficient (Wildman–Crippen LogP) is 3.00. The fourth-order valence-electron chi connectivity index (χ4n) is 4.59. The summed E-state index contributed by atoms with van der Waals surface area (Å²) < 4.78 is 5.80. The molecule has 0 bridgehead atoms. The van der Waals surface area contributed by atoms with Crippen LogP contribution in [0.2, 0.25) is 0 Å². The molecule has 1 saturated carbocycles. The molecule has 1 aromatic rings. The highest BCUT2D eigenvalue weighted by Crippen LogP contribution is 2.36. The molecule has 164 valence electrons. The molecule has 0 aromatic heterocycles. The summed E-state index contributed by atoms with van der Waals surface area (Å²) in [4.78, 5) is 19.6. The number of hydrogen-bond acceptors (Lipinski definition) is 5. The number of benzene rings is 1. The fraction of sp³-hybridized carbons (Fsp3) is 0.667. The lowest BCUT2D eigenvalue weighted by atomic mass is 9.77. The van der Waals surface area contributed by atoms with Crippen molar-refractivity contribution in [2.75, 3.05) is 46.4 Å². The number of nitriles is 1. The third-order valence-electron chi connectivity index (χ3n) is 7.01. The van der Waals surface area contributed by atoms with E-state index >= 15 is 0 Å². The Morgan fingerprint density at radius 1 is 1.23 bits per heavy atom. The summed E-state index contributed by atoms with van der Waals surface area (Å²) in [6.45, 7) is 9.37. The Morgan fingerprint density at radius 2 is 1.87 bits per heavy atom. The van der Waals surface area contributed by atoms with Gasteiger partial charge in [-0.1, -0.05) is 25.1 Å². The van der Waals surface area contributed by atoms with Gasteiger partial charge in [0.05, 0.1) is 12.1 Å². The van der Waals surface area contributed by atoms with Gasteiger partial charge < -0.3 is 9.64 Å². The van der Waals surface area contributed by atoms with Crippen LogP contribution in [-0.2, 0) is 4.79 Å². The lowest BCUT2D eigenvalue weighted by molar-refractivity contribution is -0.141. The van der Waals surface area contributed by atoms with Crippen molar-refractivity contribution < 1.29 is 9.53 Å². The first-order valence-corrected chi connectivity index (χ1v) is 11.3. The van der Waals surface area contributed by atoms with Gasteiger partial charge in [-0.3, -0.25) is 14.6 Å². The molecule has 2 fully saturated rings. The highest BCUT2D eigenvalue weighted by Gasteiger charge is 2.42. The van der Waals surface area contributed by atoms with E-state index in [1.807, 2.05) is 44.3 Å². The number of hydrogen-bond donors (Lipinski definition) is 0. The minimum atomic E-state index is -0.631. The molecule has 30 heavy (non-hydrogen) atoms. The lowest BCUT2D eigenvalue weighted by Gasteiger charge is -2.44. The number of para-hydroxylation sites is 1. The molecule has 2 aliphatic rings. The molecule has 1 aliphatic carbocycles. The van der Waals surface area contributed by atoms with Crippen LogP contribution in [-0.4, -0.2) is 78.6 Å². The van der Waals surface area contributed by atoms with Crippen molar-refractivity contribution in [1.29, 1.82) is 5.26 Å². The van der Waals surface area contributed by atoms with Crippen LogP contribution in [0.25, 0.3) is 0 Å². The van der Waals surface area contributed by atoms with E-state index in [0.717, 1.165) is 64.2 Å². The zero-order chi connectivity index (χ0) is 21.6. The third kappa shape index (κ3) is 5.33. The summed E-state index contributed by atoms with van der Waals surface area (Å²) in [6, 6.07) is 12.2. The van der Waals surface area contributed by atoms with Crippen molar-refractivity contribution in [1.82, 2.24) is 14.7 Å². The third-order valence-corrected chi connectivity index (χ3v) is 7.01. The van der Waals surface area contributed by atoms with Crippen molar-refractivity contribution in [3.05, 3.63) is 30.3 Å². The maximum absolute atomic E-state index is 13.2. The van der Waals surface area contributed by atoms with Crippen LogP contribution in [0.4, 0.5) is 0 Å². The van der Waals surface area contributed by atoms with E-state index in [2.05, 4.69) is 22.8 Å². The first kappa shape index (κ1) is 22.6. The van der Waals surface area contributed by atoms with Gasteiger partial charge >= 0.3 is 0 Å². The SMILES string of the molecule is CC1CCC(C#N)(N(C)C(=O)C(C)N2CCN(CCOc3ccccc3)CC2)CC1. The normalized spacial score (nSPS) is 26.5. The molecule has 6 heteroatoms. The van der Waals surface area contributed by atoms with E-state index in [1.165, 1.54) is 0 Å². The van der Waals surface area contributed by atoms with Gasteiger partial charge in [-0.2, -0.15) is 5.26 Å². The van der Waals surface area contributed by atoms with Gasteiger partial charge in [-0.05, 0) is 50.7 Å². The molecule has 3 rings (SSSR count). The highest BCUT2D eigenvalue weighted by atomic mass is 16.5. The second kappa shape index (κ2) is 10.3. The summed E-state index contributed by atoms with van der Waals surface area (Å²) in [5.41, 5.74) is -0.631. The smallest absolute Gasteiger partial charge is 0.240 e. The second-order valence-electron chi connectivity index (χ2n) is 8.94. The van der Waals surface area contributed by atoms with Crippen LogP contribution in [0.1, 0.15) is 39.5 Å². The Balaban J connectivity index is 1.45. The van der Waals surface area contributed by atoms with Gasteiger partial charge in [0.1, 0.15) is 17.9 Å². The van der Waals surface area contributed by atoms with Crippen LogP contribution in [0.5, 0.6) is 5.75 Å². The number of nitrogens with zero attached hydrogens (tertiary/aromatic N) is 4. The first-order chi connectivity index (χ1) is 14.4. The quantitative estimate of drug-likeness (QED) is 0.689. The fourth-order valence-corrected chi connectivity index (χ4v) is 4.59. The number of rotatable bonds is 7. The average molecular weight is 413 g/mol. The standard InChI is InChI=1S/C24H36N4O2/c1-20-9-11-24(19-25,12-10-20)26(3)23(29)21(2)28-15-13-27(14-16-28)17-18-30-22-7-5-4-6-8-22/h4-8,20-21H,9-18H2,1-3H3. The first-order valence-electron chi connectivity index (χ1n) is 11.3. The van der Waals surface area contributed by atoms with Crippen molar-refractivity contribution in [2.45, 2.75) is 51.1 Å². The minimum Gasteiger partial charge on any atom is -0.492 e. The van der Waals surface area contributed by atoms with Gasteiger partial charge in [0, 0.05) is 39.8 Å². The number of likely N-dealkylation sites (N-methyl/N-ethyl adjacent to an activating group) is 1. The Bertz CT molecular complexity index is 716. The van der Waals surface area contributed by atoms with Gasteiger partial charge in [-0.15, -0.1) is 0 Å². The molecule has 1 aromatic carbocycles. The molecular weight excluding hydrogens is 376 g/mol. The largest absolute Gasteiger partial charge is 0.492 e. The van der Waals surface area contributed by atoms with Crippen molar-refractivity contribution in [2.24, 2.45) is 5.92 Å². The van der Waals surface area contributed by atoms with Gasteiger partial charge in [-0.25, -0.2) is 0 Å². The van der Waals surface area contributed by atoms with Crippen LogP contribution in [0.15, 0.2) is 30.3 Å². The van der Waals surface area contributed by atoms with Crippen LogP contribution in [0, 0.1) is 17.2 Å². The van der Waals surface area contributed by atoms with E-state index in [0.29, 0.717) is 12.5 Å². The lowest BCUT2D eigenvalue weighted by Crippen LogP contribution is -2.58. The number of amides is 1. The topological polar surface area (TPSA) is 59.8 Å². The van der Waals surface area contributed by atoms with Crippen LogP contribution in [0.3, 0.4) is 0 Å². The Kier molecular flexibility index (Phi) is 7.74. The molecule has 6 nitrogen and oxygen atoms in total. The average Bonchev–Trinajstić information content (AvgIpc) is 2.79. The molecule has 1 unspecified atom stereocenters. The van der Waals surface area contributed by atoms with Gasteiger partial charge in [0.25, 0.3) is 0 Å². The number of ether oxygens (including phenoxy) is 1. The van der Waals surface area contributed by atoms with E-state index in [9.17, 15) is 10.1 Å². The molecule has 1 heterocycles. The van der Waals surface area contributed by atoms with Crippen molar-refractivity contribution >= 4 is 5.91 Å². The summed E-state index contributed by atoms with van der Waals surface area (Å²) in [5.74, 6) is 1.63. The zero-order valence-corrected chi connectivity index (χ0v) is 18.7. The summed E-state index contributed by atoms with van der Waals surface area (Å²) in [7, 11) is 1.83. The highest BCUT2D eigenvalue weighted by molar-refractivity contribution is 5.82. The van der Waals surface area contributed by atoms with Gasteiger partial charge in [0.2, 0.25) is 5.91 Å². The molecule has 1 saturated heterocycles. The molecule has 1 atom stereocenters.